The molecular weight excluding hydrogens is 351 g/mol. The van der Waals surface area contributed by atoms with Crippen molar-refractivity contribution in [3.8, 4) is 5.75 Å². The standard InChI is InChI=1S/C17H28N2O3.2ClH/c1-14-3-4-17(11-15(14)2)22-13-16(21)12-19-7-5-18(6-8-19)9-10-20;;/h3-4,11,16,20-21H,5-10,12-13H2,1-2H3;2*1H/p-2. The number of hydrogen-bond acceptors (Lipinski definition) is 5. The number of rotatable bonds is 7. The maximum absolute atomic E-state index is 10.1. The van der Waals surface area contributed by atoms with Crippen molar-refractivity contribution in [1.29, 1.82) is 0 Å². The molecular formula is C17H28Cl2N2O3-2. The number of aryl methyl sites for hydroxylation is 2. The Hall–Kier alpha value is -0.560. The summed E-state index contributed by atoms with van der Waals surface area (Å²) in [5.41, 5.74) is 2.45. The summed E-state index contributed by atoms with van der Waals surface area (Å²) in [7, 11) is 0. The van der Waals surface area contributed by atoms with E-state index in [4.69, 9.17) is 9.84 Å². The molecule has 24 heavy (non-hydrogen) atoms. The monoisotopic (exact) mass is 378 g/mol. The fourth-order valence-corrected chi connectivity index (χ4v) is 2.68. The highest BCUT2D eigenvalue weighted by Gasteiger charge is 2.19. The van der Waals surface area contributed by atoms with Crippen LogP contribution in [-0.4, -0.2) is 78.6 Å². The van der Waals surface area contributed by atoms with Gasteiger partial charge < -0.3 is 39.8 Å². The zero-order valence-electron chi connectivity index (χ0n) is 14.4. The van der Waals surface area contributed by atoms with Crippen LogP contribution in [0.3, 0.4) is 0 Å². The first-order valence-corrected chi connectivity index (χ1v) is 8.02. The molecule has 1 saturated heterocycles. The van der Waals surface area contributed by atoms with Crippen LogP contribution in [0.25, 0.3) is 0 Å². The molecule has 0 amide bonds. The predicted molar refractivity (Wildman–Crippen MR) is 87.4 cm³/mol. The number of halogens is 2. The highest BCUT2D eigenvalue weighted by atomic mass is 35.5. The van der Waals surface area contributed by atoms with E-state index >= 15 is 0 Å². The van der Waals surface area contributed by atoms with Gasteiger partial charge in [-0.05, 0) is 37.1 Å². The Bertz CT molecular complexity index is 469. The third-order valence-electron chi connectivity index (χ3n) is 4.27. The van der Waals surface area contributed by atoms with E-state index < -0.39 is 6.10 Å². The second-order valence-corrected chi connectivity index (χ2v) is 6.08. The molecule has 1 aliphatic rings. The van der Waals surface area contributed by atoms with Crippen LogP contribution in [0.15, 0.2) is 18.2 Å². The number of hydrogen-bond donors (Lipinski definition) is 2. The summed E-state index contributed by atoms with van der Waals surface area (Å²) in [5.74, 6) is 0.815. The van der Waals surface area contributed by atoms with E-state index in [1.807, 2.05) is 18.2 Å². The summed E-state index contributed by atoms with van der Waals surface area (Å²) in [6, 6.07) is 6.00. The number of β-amino-alcohol motifs (C(OH)–C–C–N with tert-alkyl or cyclic N) is 2. The molecule has 2 N–H and O–H groups in total. The molecule has 1 fully saturated rings. The van der Waals surface area contributed by atoms with Crippen LogP contribution in [0.2, 0.25) is 0 Å². The van der Waals surface area contributed by atoms with Crippen molar-refractivity contribution in [2.45, 2.75) is 20.0 Å². The molecule has 0 aliphatic carbocycles. The van der Waals surface area contributed by atoms with Crippen LogP contribution in [-0.2, 0) is 0 Å². The van der Waals surface area contributed by atoms with E-state index in [0.29, 0.717) is 13.2 Å². The fraction of sp³-hybridized carbons (Fsp3) is 0.647. The molecule has 5 nitrogen and oxygen atoms in total. The minimum atomic E-state index is -0.481. The van der Waals surface area contributed by atoms with Gasteiger partial charge in [-0.25, -0.2) is 0 Å². The lowest BCUT2D eigenvalue weighted by Gasteiger charge is -2.35. The summed E-state index contributed by atoms with van der Waals surface area (Å²) < 4.78 is 5.68. The van der Waals surface area contributed by atoms with Crippen LogP contribution < -0.4 is 29.6 Å². The molecule has 0 spiro atoms. The lowest BCUT2D eigenvalue weighted by atomic mass is 10.1. The second kappa shape index (κ2) is 11.9. The maximum Gasteiger partial charge on any atom is 0.119 e. The van der Waals surface area contributed by atoms with E-state index in [1.165, 1.54) is 11.1 Å². The number of aliphatic hydroxyl groups excluding tert-OH is 2. The summed E-state index contributed by atoms with van der Waals surface area (Å²) >= 11 is 0. The third kappa shape index (κ3) is 7.55. The van der Waals surface area contributed by atoms with Crippen molar-refractivity contribution in [1.82, 2.24) is 9.80 Å². The zero-order valence-corrected chi connectivity index (χ0v) is 15.9. The number of piperazine rings is 1. The molecule has 1 unspecified atom stereocenters. The van der Waals surface area contributed by atoms with Gasteiger partial charge in [0.1, 0.15) is 18.5 Å². The Kier molecular flexibility index (Phi) is 11.6. The van der Waals surface area contributed by atoms with Gasteiger partial charge in [0.05, 0.1) is 6.61 Å². The van der Waals surface area contributed by atoms with Crippen molar-refractivity contribution >= 4 is 0 Å². The lowest BCUT2D eigenvalue weighted by Crippen LogP contribution is -3.00. The summed E-state index contributed by atoms with van der Waals surface area (Å²) in [6.45, 7) is 9.81. The molecule has 140 valence electrons. The first-order chi connectivity index (χ1) is 10.6. The fourth-order valence-electron chi connectivity index (χ4n) is 2.68. The molecule has 0 saturated carbocycles. The molecule has 1 heterocycles. The largest absolute Gasteiger partial charge is 1.00 e. The van der Waals surface area contributed by atoms with Gasteiger partial charge in [-0.3, -0.25) is 9.80 Å². The quantitative estimate of drug-likeness (QED) is 0.496. The highest BCUT2D eigenvalue weighted by Crippen LogP contribution is 2.16. The molecule has 7 heteroatoms. The average molecular weight is 379 g/mol. The molecule has 0 radical (unpaired) electrons. The number of ether oxygens (including phenoxy) is 1. The Balaban J connectivity index is 0.00000264. The first-order valence-electron chi connectivity index (χ1n) is 8.02. The van der Waals surface area contributed by atoms with Gasteiger partial charge in [0, 0.05) is 39.3 Å². The summed E-state index contributed by atoms with van der Waals surface area (Å²) in [6.07, 6.45) is -0.481. The normalized spacial score (nSPS) is 16.8. The van der Waals surface area contributed by atoms with Crippen molar-refractivity contribution in [2.24, 2.45) is 0 Å². The zero-order chi connectivity index (χ0) is 15.9. The van der Waals surface area contributed by atoms with Crippen molar-refractivity contribution in [3.05, 3.63) is 29.3 Å². The molecule has 1 aliphatic heterocycles. The second-order valence-electron chi connectivity index (χ2n) is 6.08. The Morgan fingerprint density at radius 2 is 1.67 bits per heavy atom. The van der Waals surface area contributed by atoms with E-state index in [2.05, 4.69) is 23.6 Å². The van der Waals surface area contributed by atoms with E-state index in [0.717, 1.165) is 38.5 Å². The minimum absolute atomic E-state index is 0. The molecule has 1 aromatic rings. The van der Waals surface area contributed by atoms with Crippen LogP contribution in [0.4, 0.5) is 0 Å². The van der Waals surface area contributed by atoms with Gasteiger partial charge in [-0.1, -0.05) is 6.07 Å². The number of nitrogens with zero attached hydrogens (tertiary/aromatic N) is 2. The molecule has 0 bridgehead atoms. The number of aliphatic hydroxyl groups is 2. The van der Waals surface area contributed by atoms with E-state index in [9.17, 15) is 5.11 Å². The minimum Gasteiger partial charge on any atom is -1.00 e. The van der Waals surface area contributed by atoms with Gasteiger partial charge in [-0.2, -0.15) is 0 Å². The molecule has 2 rings (SSSR count). The lowest BCUT2D eigenvalue weighted by molar-refractivity contribution is -0.001000. The van der Waals surface area contributed by atoms with Gasteiger partial charge in [0.25, 0.3) is 0 Å². The van der Waals surface area contributed by atoms with E-state index in [-0.39, 0.29) is 31.4 Å². The summed E-state index contributed by atoms with van der Waals surface area (Å²) in [5, 5.41) is 19.1. The van der Waals surface area contributed by atoms with E-state index in [1.54, 1.807) is 0 Å². The van der Waals surface area contributed by atoms with Gasteiger partial charge in [0.2, 0.25) is 0 Å². The Labute approximate surface area is 157 Å². The van der Waals surface area contributed by atoms with Gasteiger partial charge in [-0.15, -0.1) is 0 Å². The highest BCUT2D eigenvalue weighted by molar-refractivity contribution is 5.33. The van der Waals surface area contributed by atoms with Crippen LogP contribution >= 0.6 is 0 Å². The average Bonchev–Trinajstić information content (AvgIpc) is 2.51. The van der Waals surface area contributed by atoms with Crippen molar-refractivity contribution in [2.75, 3.05) is 52.5 Å². The van der Waals surface area contributed by atoms with Crippen molar-refractivity contribution < 1.29 is 39.8 Å². The Morgan fingerprint density at radius 3 is 2.25 bits per heavy atom. The SMILES string of the molecule is Cc1ccc(OCC(O)CN2CCN(CCO)CC2)cc1C.[Cl-].[Cl-]. The smallest absolute Gasteiger partial charge is 0.119 e. The topological polar surface area (TPSA) is 56.2 Å². The Morgan fingerprint density at radius 1 is 1.04 bits per heavy atom. The molecule has 1 aromatic carbocycles. The van der Waals surface area contributed by atoms with Crippen LogP contribution in [0.5, 0.6) is 5.75 Å². The summed E-state index contributed by atoms with van der Waals surface area (Å²) in [4.78, 5) is 4.50. The maximum atomic E-state index is 10.1. The first kappa shape index (κ1) is 23.4. The van der Waals surface area contributed by atoms with Crippen molar-refractivity contribution in [3.63, 3.8) is 0 Å². The third-order valence-corrected chi connectivity index (χ3v) is 4.27. The predicted octanol–water partition coefficient (Wildman–Crippen LogP) is -5.34. The molecule has 0 aromatic heterocycles. The van der Waals surface area contributed by atoms with Gasteiger partial charge in [0.15, 0.2) is 0 Å². The van der Waals surface area contributed by atoms with Crippen LogP contribution in [0.1, 0.15) is 11.1 Å². The van der Waals surface area contributed by atoms with Gasteiger partial charge >= 0.3 is 0 Å². The van der Waals surface area contributed by atoms with Crippen LogP contribution in [0, 0.1) is 13.8 Å². The molecule has 1 atom stereocenters. The number of benzene rings is 1.